The fraction of sp³-hybridized carbons (Fsp3) is 0.222. The second-order valence-corrected chi connectivity index (χ2v) is 6.15. The lowest BCUT2D eigenvalue weighted by Gasteiger charge is -2.13. The molecule has 0 aliphatic carbocycles. The number of carbonyl (C=O) groups is 1. The summed E-state index contributed by atoms with van der Waals surface area (Å²) in [7, 11) is 0. The van der Waals surface area contributed by atoms with Crippen molar-refractivity contribution in [2.45, 2.75) is 26.7 Å². The van der Waals surface area contributed by atoms with Crippen molar-refractivity contribution in [1.82, 2.24) is 9.61 Å². The van der Waals surface area contributed by atoms with Crippen molar-refractivity contribution in [2.24, 2.45) is 0 Å². The first-order valence-electron chi connectivity index (χ1n) is 7.61. The van der Waals surface area contributed by atoms with Crippen LogP contribution in [0.15, 0.2) is 24.4 Å². The fourth-order valence-electron chi connectivity index (χ4n) is 3.09. The zero-order valence-electron chi connectivity index (χ0n) is 13.8. The Morgan fingerprint density at radius 1 is 1.20 bits per heavy atom. The third-order valence-corrected chi connectivity index (χ3v) is 4.09. The van der Waals surface area contributed by atoms with Crippen LogP contribution in [0, 0.1) is 24.4 Å². The summed E-state index contributed by atoms with van der Waals surface area (Å²) in [4.78, 5) is 11.5. The Morgan fingerprint density at radius 2 is 1.88 bits per heavy atom. The highest BCUT2D eigenvalue weighted by atomic mass is 19.2. The number of aromatic nitrogens is 2. The molecule has 0 spiro atoms. The van der Waals surface area contributed by atoms with Gasteiger partial charge in [0.25, 0.3) is 0 Å². The van der Waals surface area contributed by atoms with Crippen LogP contribution in [0.5, 0.6) is 0 Å². The maximum Gasteiger partial charge on any atom is 0.337 e. The number of rotatable bonds is 3. The predicted molar refractivity (Wildman–Crippen MR) is 86.3 cm³/mol. The number of hydrogen-bond donors (Lipinski definition) is 1. The molecule has 1 aromatic carbocycles. The van der Waals surface area contributed by atoms with Gasteiger partial charge in [-0.25, -0.2) is 22.5 Å². The predicted octanol–water partition coefficient (Wildman–Crippen LogP) is 4.55. The lowest BCUT2D eigenvalue weighted by atomic mass is 9.98. The number of fused-ring (bicyclic) bond motifs is 1. The van der Waals surface area contributed by atoms with E-state index in [2.05, 4.69) is 5.10 Å². The molecule has 7 heteroatoms. The molecule has 3 rings (SSSR count). The van der Waals surface area contributed by atoms with Crippen molar-refractivity contribution >= 4 is 11.5 Å². The average molecular weight is 348 g/mol. The van der Waals surface area contributed by atoms with E-state index in [9.17, 15) is 23.1 Å². The summed E-state index contributed by atoms with van der Waals surface area (Å²) >= 11 is 0. The van der Waals surface area contributed by atoms with Gasteiger partial charge in [0.1, 0.15) is 5.82 Å². The van der Waals surface area contributed by atoms with E-state index in [1.807, 2.05) is 13.8 Å². The van der Waals surface area contributed by atoms with Crippen LogP contribution in [-0.2, 0) is 0 Å². The molecule has 2 heterocycles. The topological polar surface area (TPSA) is 54.6 Å². The minimum atomic E-state index is -1.30. The van der Waals surface area contributed by atoms with Crippen LogP contribution in [-0.4, -0.2) is 20.7 Å². The van der Waals surface area contributed by atoms with E-state index in [0.717, 1.165) is 6.07 Å². The molecule has 1 N–H and O–H groups in total. The zero-order valence-corrected chi connectivity index (χ0v) is 13.8. The van der Waals surface area contributed by atoms with Gasteiger partial charge in [0.05, 0.1) is 23.0 Å². The van der Waals surface area contributed by atoms with Gasteiger partial charge in [-0.1, -0.05) is 13.8 Å². The molecule has 0 saturated heterocycles. The number of benzene rings is 1. The van der Waals surface area contributed by atoms with Crippen LogP contribution in [0.25, 0.3) is 16.8 Å². The average Bonchev–Trinajstić information content (AvgIpc) is 2.85. The molecule has 0 amide bonds. The van der Waals surface area contributed by atoms with E-state index < -0.39 is 23.4 Å². The Kier molecular flexibility index (Phi) is 4.02. The summed E-state index contributed by atoms with van der Waals surface area (Å²) < 4.78 is 42.8. The zero-order chi connectivity index (χ0) is 18.5. The number of aromatic carboxylic acids is 1. The largest absolute Gasteiger partial charge is 0.478 e. The second kappa shape index (κ2) is 5.91. The van der Waals surface area contributed by atoms with Crippen molar-refractivity contribution in [3.8, 4) is 11.3 Å². The Balaban J connectivity index is 2.42. The third-order valence-electron chi connectivity index (χ3n) is 4.09. The molecule has 0 bridgehead atoms. The molecular weight excluding hydrogens is 333 g/mol. The Morgan fingerprint density at radius 3 is 2.48 bits per heavy atom. The molecule has 0 aliphatic heterocycles. The van der Waals surface area contributed by atoms with E-state index in [-0.39, 0.29) is 22.7 Å². The van der Waals surface area contributed by atoms with Gasteiger partial charge < -0.3 is 5.11 Å². The minimum absolute atomic E-state index is 0.0393. The fourth-order valence-corrected chi connectivity index (χ4v) is 3.09. The van der Waals surface area contributed by atoms with Gasteiger partial charge in [0.15, 0.2) is 11.6 Å². The molecule has 4 nitrogen and oxygen atoms in total. The van der Waals surface area contributed by atoms with Crippen LogP contribution in [0.4, 0.5) is 13.2 Å². The van der Waals surface area contributed by atoms with E-state index in [4.69, 9.17) is 0 Å². The Bertz CT molecular complexity index is 1010. The number of hydrogen-bond acceptors (Lipinski definition) is 2. The van der Waals surface area contributed by atoms with Gasteiger partial charge in [-0.05, 0) is 36.1 Å². The van der Waals surface area contributed by atoms with Gasteiger partial charge in [-0.2, -0.15) is 5.10 Å². The number of carboxylic acid groups (broad SMARTS) is 1. The maximum atomic E-state index is 14.2. The molecule has 3 aromatic rings. The van der Waals surface area contributed by atoms with Gasteiger partial charge >= 0.3 is 5.97 Å². The van der Waals surface area contributed by atoms with Gasteiger partial charge in [0.2, 0.25) is 0 Å². The third kappa shape index (κ3) is 2.65. The van der Waals surface area contributed by atoms with Gasteiger partial charge in [-0.3, -0.25) is 0 Å². The second-order valence-electron chi connectivity index (χ2n) is 6.15. The first-order chi connectivity index (χ1) is 11.7. The molecule has 25 heavy (non-hydrogen) atoms. The van der Waals surface area contributed by atoms with Crippen LogP contribution in [0.1, 0.15) is 41.3 Å². The van der Waals surface area contributed by atoms with Crippen LogP contribution >= 0.6 is 0 Å². The van der Waals surface area contributed by atoms with Crippen molar-refractivity contribution in [1.29, 1.82) is 0 Å². The van der Waals surface area contributed by atoms with E-state index in [1.54, 1.807) is 13.0 Å². The normalized spacial score (nSPS) is 11.5. The van der Waals surface area contributed by atoms with Crippen molar-refractivity contribution < 1.29 is 23.1 Å². The summed E-state index contributed by atoms with van der Waals surface area (Å²) in [5, 5.41) is 13.4. The monoisotopic (exact) mass is 348 g/mol. The Hall–Kier alpha value is -2.83. The number of halogens is 3. The standard InChI is InChI=1S/C18H15F3N2O2/c1-8(2)15-12(18(24)25)7-22-23-14(15)4-9(3)17(23)11-5-10(19)6-13(20)16(11)21/h4-8H,1-3H3,(H,24,25). The smallest absolute Gasteiger partial charge is 0.337 e. The summed E-state index contributed by atoms with van der Waals surface area (Å²) in [6.45, 7) is 5.30. The quantitative estimate of drug-likeness (QED) is 0.707. The molecule has 0 radical (unpaired) electrons. The molecule has 0 saturated carbocycles. The molecular formula is C18H15F3N2O2. The van der Waals surface area contributed by atoms with Gasteiger partial charge in [-0.15, -0.1) is 0 Å². The lowest BCUT2D eigenvalue weighted by Crippen LogP contribution is -2.09. The number of aryl methyl sites for hydroxylation is 1. The summed E-state index contributed by atoms with van der Waals surface area (Å²) in [6, 6.07) is 3.01. The van der Waals surface area contributed by atoms with E-state index in [0.29, 0.717) is 22.7 Å². The van der Waals surface area contributed by atoms with Crippen LogP contribution < -0.4 is 0 Å². The van der Waals surface area contributed by atoms with E-state index in [1.165, 1.54) is 10.7 Å². The first kappa shape index (κ1) is 17.0. The van der Waals surface area contributed by atoms with Crippen molar-refractivity contribution in [3.05, 3.63) is 58.5 Å². The molecule has 2 aromatic heterocycles. The molecule has 0 fully saturated rings. The van der Waals surface area contributed by atoms with Crippen LogP contribution in [0.2, 0.25) is 0 Å². The highest BCUT2D eigenvalue weighted by molar-refractivity contribution is 5.92. The first-order valence-corrected chi connectivity index (χ1v) is 7.61. The number of carboxylic acids is 1. The van der Waals surface area contributed by atoms with Crippen molar-refractivity contribution in [2.75, 3.05) is 0 Å². The molecule has 0 atom stereocenters. The lowest BCUT2D eigenvalue weighted by molar-refractivity contribution is 0.0694. The highest BCUT2D eigenvalue weighted by Gasteiger charge is 2.23. The summed E-state index contributed by atoms with van der Waals surface area (Å²) in [5.74, 6) is -4.65. The minimum Gasteiger partial charge on any atom is -0.478 e. The highest BCUT2D eigenvalue weighted by Crippen LogP contribution is 2.34. The maximum absolute atomic E-state index is 14.2. The summed E-state index contributed by atoms with van der Waals surface area (Å²) in [6.07, 6.45) is 1.17. The van der Waals surface area contributed by atoms with Crippen molar-refractivity contribution in [3.63, 3.8) is 0 Å². The summed E-state index contributed by atoms with van der Waals surface area (Å²) in [5.41, 5.74) is 1.48. The van der Waals surface area contributed by atoms with Gasteiger partial charge in [0, 0.05) is 11.6 Å². The van der Waals surface area contributed by atoms with E-state index >= 15 is 0 Å². The number of nitrogens with zero attached hydrogens (tertiary/aromatic N) is 2. The molecule has 130 valence electrons. The SMILES string of the molecule is Cc1cc2c(C(C)C)c(C(=O)O)cnn2c1-c1cc(F)cc(F)c1F. The van der Waals surface area contributed by atoms with Crippen LogP contribution in [0.3, 0.4) is 0 Å². The Labute approximate surface area is 141 Å². The molecule has 0 unspecified atom stereocenters. The molecule has 0 aliphatic rings.